The van der Waals surface area contributed by atoms with Gasteiger partial charge in [-0.25, -0.2) is 5.14 Å². The van der Waals surface area contributed by atoms with E-state index in [0.717, 1.165) is 15.4 Å². The maximum Gasteiger partial charge on any atom is 0.298 e. The van der Waals surface area contributed by atoms with Gasteiger partial charge in [0.15, 0.2) is 0 Å². The second-order valence-electron chi connectivity index (χ2n) is 3.10. The van der Waals surface area contributed by atoms with E-state index in [-0.39, 0.29) is 12.4 Å². The molecule has 6 heteroatoms. The van der Waals surface area contributed by atoms with Crippen LogP contribution in [0.25, 0.3) is 6.08 Å². The van der Waals surface area contributed by atoms with E-state index in [1.165, 1.54) is 6.20 Å². The summed E-state index contributed by atoms with van der Waals surface area (Å²) in [7, 11) is -3.62. The van der Waals surface area contributed by atoms with E-state index in [1.54, 1.807) is 6.08 Å². The summed E-state index contributed by atoms with van der Waals surface area (Å²) in [6, 6.07) is 7.61. The van der Waals surface area contributed by atoms with Crippen molar-refractivity contribution in [2.75, 3.05) is 0 Å². The average Bonchev–Trinajstić information content (AvgIpc) is 2.16. The summed E-state index contributed by atoms with van der Waals surface area (Å²) in [5, 5.41) is 5.01. The molecule has 0 fully saturated rings. The Morgan fingerprint density at radius 3 is 2.60 bits per heavy atom. The average molecular weight is 247 g/mol. The first-order valence-corrected chi connectivity index (χ1v) is 5.63. The number of fused-ring (bicyclic) bond motifs is 1. The molecule has 82 valence electrons. The van der Waals surface area contributed by atoms with Crippen LogP contribution < -0.4 is 5.14 Å². The van der Waals surface area contributed by atoms with Gasteiger partial charge in [-0.15, -0.1) is 12.4 Å². The van der Waals surface area contributed by atoms with Crippen molar-refractivity contribution in [2.45, 2.75) is 6.54 Å². The number of hydrogen-bond acceptors (Lipinski definition) is 2. The standard InChI is InChI=1S/C9H10N2O2S.ClH/c10-14(12,13)11-6-5-8-3-1-2-4-9(8)7-11;/h1-6H,7H2,(H2,10,12,13);1H. The fraction of sp³-hybridized carbons (Fsp3) is 0.111. The highest BCUT2D eigenvalue weighted by Crippen LogP contribution is 2.19. The maximum atomic E-state index is 11.0. The van der Waals surface area contributed by atoms with Gasteiger partial charge < -0.3 is 0 Å². The second-order valence-corrected chi connectivity index (χ2v) is 4.60. The van der Waals surface area contributed by atoms with E-state index in [1.807, 2.05) is 24.3 Å². The first-order chi connectivity index (χ1) is 6.57. The Morgan fingerprint density at radius 2 is 1.93 bits per heavy atom. The molecule has 0 saturated carbocycles. The van der Waals surface area contributed by atoms with Gasteiger partial charge in [0.25, 0.3) is 10.2 Å². The van der Waals surface area contributed by atoms with Gasteiger partial charge in [0.2, 0.25) is 0 Å². The highest BCUT2D eigenvalue weighted by atomic mass is 35.5. The summed E-state index contributed by atoms with van der Waals surface area (Å²) in [6.45, 7) is 0.311. The molecule has 0 aromatic heterocycles. The molecule has 0 atom stereocenters. The summed E-state index contributed by atoms with van der Waals surface area (Å²) in [5.74, 6) is 0. The van der Waals surface area contributed by atoms with Crippen LogP contribution in [-0.2, 0) is 16.8 Å². The molecule has 0 radical (unpaired) electrons. The molecular formula is C9H11ClN2O2S. The van der Waals surface area contributed by atoms with Crippen molar-refractivity contribution in [1.82, 2.24) is 4.31 Å². The smallest absolute Gasteiger partial charge is 0.261 e. The molecule has 1 aliphatic heterocycles. The molecule has 1 aromatic rings. The predicted octanol–water partition coefficient (Wildman–Crippen LogP) is 1.10. The molecular weight excluding hydrogens is 236 g/mol. The molecule has 0 spiro atoms. The second kappa shape index (κ2) is 4.22. The van der Waals surface area contributed by atoms with Crippen molar-refractivity contribution >= 4 is 28.7 Å². The fourth-order valence-corrected chi connectivity index (χ4v) is 1.95. The lowest BCUT2D eigenvalue weighted by Crippen LogP contribution is -2.33. The van der Waals surface area contributed by atoms with E-state index in [2.05, 4.69) is 0 Å². The summed E-state index contributed by atoms with van der Waals surface area (Å²) >= 11 is 0. The van der Waals surface area contributed by atoms with E-state index in [9.17, 15) is 8.42 Å². The van der Waals surface area contributed by atoms with Crippen LogP contribution in [-0.4, -0.2) is 12.7 Å². The van der Waals surface area contributed by atoms with Gasteiger partial charge in [0, 0.05) is 6.20 Å². The van der Waals surface area contributed by atoms with Crippen molar-refractivity contribution < 1.29 is 8.42 Å². The van der Waals surface area contributed by atoms with Gasteiger partial charge in [0.1, 0.15) is 0 Å². The monoisotopic (exact) mass is 246 g/mol. The Labute approximate surface area is 95.0 Å². The van der Waals surface area contributed by atoms with Crippen LogP contribution in [0.3, 0.4) is 0 Å². The molecule has 1 heterocycles. The zero-order valence-electron chi connectivity index (χ0n) is 7.83. The van der Waals surface area contributed by atoms with E-state index < -0.39 is 10.2 Å². The molecule has 0 aliphatic carbocycles. The van der Waals surface area contributed by atoms with Gasteiger partial charge in [-0.2, -0.15) is 8.42 Å². The van der Waals surface area contributed by atoms with Crippen molar-refractivity contribution in [3.05, 3.63) is 41.6 Å². The zero-order chi connectivity index (χ0) is 10.2. The lowest BCUT2D eigenvalue weighted by Gasteiger charge is -2.22. The first kappa shape index (κ1) is 12.0. The van der Waals surface area contributed by atoms with Crippen molar-refractivity contribution in [1.29, 1.82) is 0 Å². The fourth-order valence-electron chi connectivity index (χ4n) is 1.40. The normalized spacial score (nSPS) is 14.3. The lowest BCUT2D eigenvalue weighted by atomic mass is 10.1. The van der Waals surface area contributed by atoms with Gasteiger partial charge in [-0.3, -0.25) is 4.31 Å². The van der Waals surface area contributed by atoms with Crippen LogP contribution in [0.2, 0.25) is 0 Å². The number of hydrogen-bond donors (Lipinski definition) is 1. The van der Waals surface area contributed by atoms with Crippen LogP contribution in [0.1, 0.15) is 11.1 Å². The number of nitrogens with two attached hydrogens (primary N) is 1. The molecule has 2 rings (SSSR count). The molecule has 0 saturated heterocycles. The highest BCUT2D eigenvalue weighted by molar-refractivity contribution is 7.86. The molecule has 2 N–H and O–H groups in total. The SMILES string of the molecule is Cl.NS(=O)(=O)N1C=Cc2ccccc2C1. The summed E-state index contributed by atoms with van der Waals surface area (Å²) in [4.78, 5) is 0. The Bertz CT molecular complexity index is 485. The Hall–Kier alpha value is -1.04. The molecule has 1 aliphatic rings. The molecule has 1 aromatic carbocycles. The number of benzene rings is 1. The van der Waals surface area contributed by atoms with Crippen molar-refractivity contribution in [3.63, 3.8) is 0 Å². The zero-order valence-corrected chi connectivity index (χ0v) is 9.46. The summed E-state index contributed by atoms with van der Waals surface area (Å²) in [6.07, 6.45) is 3.22. The highest BCUT2D eigenvalue weighted by Gasteiger charge is 2.17. The molecule has 0 amide bonds. The molecule has 0 bridgehead atoms. The number of halogens is 1. The molecule has 15 heavy (non-hydrogen) atoms. The Kier molecular flexibility index (Phi) is 3.38. The van der Waals surface area contributed by atoms with E-state index in [4.69, 9.17) is 5.14 Å². The first-order valence-electron chi connectivity index (χ1n) is 4.13. The van der Waals surface area contributed by atoms with Gasteiger partial charge >= 0.3 is 0 Å². The van der Waals surface area contributed by atoms with Crippen LogP contribution in [0.5, 0.6) is 0 Å². The lowest BCUT2D eigenvalue weighted by molar-refractivity contribution is 0.495. The Morgan fingerprint density at radius 1 is 1.27 bits per heavy atom. The van der Waals surface area contributed by atoms with Gasteiger partial charge in [-0.1, -0.05) is 24.3 Å². The minimum atomic E-state index is -3.62. The quantitative estimate of drug-likeness (QED) is 0.807. The third-order valence-corrected chi connectivity index (χ3v) is 3.03. The number of rotatable bonds is 1. The third-order valence-electron chi connectivity index (χ3n) is 2.13. The minimum Gasteiger partial charge on any atom is -0.261 e. The van der Waals surface area contributed by atoms with Crippen LogP contribution >= 0.6 is 12.4 Å². The number of nitrogens with zero attached hydrogens (tertiary/aromatic N) is 1. The van der Waals surface area contributed by atoms with Gasteiger partial charge in [0.05, 0.1) is 6.54 Å². The summed E-state index contributed by atoms with van der Waals surface area (Å²) < 4.78 is 23.2. The van der Waals surface area contributed by atoms with E-state index >= 15 is 0 Å². The van der Waals surface area contributed by atoms with Crippen molar-refractivity contribution in [3.8, 4) is 0 Å². The van der Waals surface area contributed by atoms with Crippen LogP contribution in [0.4, 0.5) is 0 Å². The molecule has 4 nitrogen and oxygen atoms in total. The third kappa shape index (κ3) is 2.50. The van der Waals surface area contributed by atoms with E-state index in [0.29, 0.717) is 6.54 Å². The topological polar surface area (TPSA) is 63.4 Å². The minimum absolute atomic E-state index is 0. The van der Waals surface area contributed by atoms with Crippen molar-refractivity contribution in [2.24, 2.45) is 5.14 Å². The largest absolute Gasteiger partial charge is 0.298 e. The maximum absolute atomic E-state index is 11.0. The van der Waals surface area contributed by atoms with Gasteiger partial charge in [-0.05, 0) is 17.2 Å². The molecule has 0 unspecified atom stereocenters. The van der Waals surface area contributed by atoms with Crippen LogP contribution in [0.15, 0.2) is 30.5 Å². The summed E-state index contributed by atoms with van der Waals surface area (Å²) in [5.41, 5.74) is 2.00. The predicted molar refractivity (Wildman–Crippen MR) is 61.4 cm³/mol. The van der Waals surface area contributed by atoms with Crippen LogP contribution in [0, 0.1) is 0 Å². The Balaban J connectivity index is 0.00000112.